The zero-order valence-corrected chi connectivity index (χ0v) is 12.8. The molecule has 1 aliphatic heterocycles. The minimum atomic E-state index is 0.794. The van der Waals surface area contributed by atoms with Crippen LogP contribution in [0.1, 0.15) is 16.1 Å². The molecule has 21 heavy (non-hydrogen) atoms. The molecule has 1 aromatic carbocycles. The number of thiophene rings is 1. The van der Waals surface area contributed by atoms with Gasteiger partial charge in [0.2, 0.25) is 0 Å². The fourth-order valence-electron chi connectivity index (χ4n) is 3.07. The van der Waals surface area contributed by atoms with E-state index in [-0.39, 0.29) is 0 Å². The predicted molar refractivity (Wildman–Crippen MR) is 90.0 cm³/mol. The number of benzene rings is 1. The van der Waals surface area contributed by atoms with Gasteiger partial charge in [0.25, 0.3) is 0 Å². The van der Waals surface area contributed by atoms with Crippen LogP contribution in [0.15, 0.2) is 35.7 Å². The lowest BCUT2D eigenvalue weighted by Crippen LogP contribution is -2.29. The van der Waals surface area contributed by atoms with E-state index in [1.165, 1.54) is 16.1 Å². The van der Waals surface area contributed by atoms with Gasteiger partial charge in [-0.15, -0.1) is 11.3 Å². The second-order valence-electron chi connectivity index (χ2n) is 5.60. The lowest BCUT2D eigenvalue weighted by molar-refractivity contribution is 0.745. The minimum absolute atomic E-state index is 0.794. The Hall–Kier alpha value is -2.07. The molecular formula is C17H17N3S. The Labute approximate surface area is 128 Å². The summed E-state index contributed by atoms with van der Waals surface area (Å²) in [6.07, 6.45) is 1.12. The molecule has 0 saturated heterocycles. The van der Waals surface area contributed by atoms with Crippen molar-refractivity contribution in [2.24, 2.45) is 0 Å². The van der Waals surface area contributed by atoms with Gasteiger partial charge in [0, 0.05) is 40.4 Å². The van der Waals surface area contributed by atoms with Gasteiger partial charge in [0.05, 0.1) is 5.52 Å². The number of aryl methyl sites for hydroxylation is 1. The highest BCUT2D eigenvalue weighted by atomic mass is 32.1. The number of aromatic nitrogens is 1. The summed E-state index contributed by atoms with van der Waals surface area (Å²) in [4.78, 5) is 8.60. The molecule has 4 rings (SSSR count). The molecule has 1 aliphatic rings. The predicted octanol–water partition coefficient (Wildman–Crippen LogP) is 3.75. The molecule has 0 bridgehead atoms. The number of hydrogen-bond acceptors (Lipinski definition) is 4. The molecule has 0 spiro atoms. The summed E-state index contributed by atoms with van der Waals surface area (Å²) in [6.45, 7) is 4.09. The molecule has 3 heterocycles. The Kier molecular flexibility index (Phi) is 2.86. The third-order valence-electron chi connectivity index (χ3n) is 4.09. The average Bonchev–Trinajstić information content (AvgIpc) is 2.94. The molecule has 2 aromatic heterocycles. The quantitative estimate of drug-likeness (QED) is 0.695. The second kappa shape index (κ2) is 4.74. The lowest BCUT2D eigenvalue weighted by atomic mass is 10.1. The van der Waals surface area contributed by atoms with Crippen LogP contribution in [0.3, 0.4) is 0 Å². The second-order valence-corrected chi connectivity index (χ2v) is 6.60. The Morgan fingerprint density at radius 2 is 2.14 bits per heavy atom. The normalized spacial score (nSPS) is 14.4. The first-order valence-electron chi connectivity index (χ1n) is 7.18. The van der Waals surface area contributed by atoms with E-state index in [9.17, 15) is 0 Å². The number of nitrogens with two attached hydrogens (primary N) is 1. The van der Waals surface area contributed by atoms with Gasteiger partial charge in [-0.3, -0.25) is 4.98 Å². The van der Waals surface area contributed by atoms with Gasteiger partial charge < -0.3 is 10.6 Å². The number of fused-ring (bicyclic) bond motifs is 2. The molecule has 0 amide bonds. The molecule has 2 N–H and O–H groups in total. The SMILES string of the molecule is Cc1cc(N2CCc3sccc3C2)c2cc(N)ccc2n1. The lowest BCUT2D eigenvalue weighted by Gasteiger charge is -2.30. The van der Waals surface area contributed by atoms with Crippen molar-refractivity contribution >= 4 is 33.6 Å². The van der Waals surface area contributed by atoms with E-state index in [0.29, 0.717) is 0 Å². The number of anilines is 2. The third kappa shape index (κ3) is 2.16. The largest absolute Gasteiger partial charge is 0.399 e. The van der Waals surface area contributed by atoms with Crippen LogP contribution in [0.25, 0.3) is 10.9 Å². The number of hydrogen-bond donors (Lipinski definition) is 1. The van der Waals surface area contributed by atoms with Crippen LogP contribution in [0, 0.1) is 6.92 Å². The molecule has 0 fully saturated rings. The van der Waals surface area contributed by atoms with Crippen molar-refractivity contribution in [3.05, 3.63) is 51.8 Å². The van der Waals surface area contributed by atoms with Crippen molar-refractivity contribution in [2.75, 3.05) is 17.2 Å². The van der Waals surface area contributed by atoms with Crippen molar-refractivity contribution in [1.82, 2.24) is 4.98 Å². The summed E-state index contributed by atoms with van der Waals surface area (Å²) in [5.74, 6) is 0. The maximum atomic E-state index is 5.98. The van der Waals surface area contributed by atoms with E-state index >= 15 is 0 Å². The first kappa shape index (κ1) is 12.7. The molecule has 4 heteroatoms. The molecule has 106 valence electrons. The highest BCUT2D eigenvalue weighted by Crippen LogP contribution is 2.33. The zero-order valence-electron chi connectivity index (χ0n) is 12.0. The fraction of sp³-hybridized carbons (Fsp3) is 0.235. The maximum Gasteiger partial charge on any atom is 0.0727 e. The molecular weight excluding hydrogens is 278 g/mol. The van der Waals surface area contributed by atoms with Crippen molar-refractivity contribution in [2.45, 2.75) is 19.9 Å². The Morgan fingerprint density at radius 1 is 1.24 bits per heavy atom. The molecule has 0 atom stereocenters. The standard InChI is InChI=1S/C17H17N3S/c1-11-8-16(14-9-13(18)2-3-15(14)19-11)20-6-4-17-12(10-20)5-7-21-17/h2-3,5,7-9H,4,6,10,18H2,1H3. The topological polar surface area (TPSA) is 42.1 Å². The highest BCUT2D eigenvalue weighted by Gasteiger charge is 2.19. The smallest absolute Gasteiger partial charge is 0.0727 e. The first-order valence-corrected chi connectivity index (χ1v) is 8.06. The fourth-order valence-corrected chi connectivity index (χ4v) is 3.96. The monoisotopic (exact) mass is 295 g/mol. The van der Waals surface area contributed by atoms with Crippen molar-refractivity contribution < 1.29 is 0 Å². The van der Waals surface area contributed by atoms with Crippen molar-refractivity contribution in [3.63, 3.8) is 0 Å². The molecule has 3 aromatic rings. The van der Waals surface area contributed by atoms with Gasteiger partial charge in [-0.05, 0) is 54.6 Å². The van der Waals surface area contributed by atoms with Gasteiger partial charge in [-0.1, -0.05) is 0 Å². The van der Waals surface area contributed by atoms with Crippen molar-refractivity contribution in [1.29, 1.82) is 0 Å². The van der Waals surface area contributed by atoms with Crippen LogP contribution in [0.2, 0.25) is 0 Å². The van der Waals surface area contributed by atoms with Crippen LogP contribution in [-0.2, 0) is 13.0 Å². The number of rotatable bonds is 1. The molecule has 0 unspecified atom stereocenters. The molecule has 0 radical (unpaired) electrons. The average molecular weight is 295 g/mol. The Morgan fingerprint density at radius 3 is 3.05 bits per heavy atom. The number of nitrogens with zero attached hydrogens (tertiary/aromatic N) is 2. The summed E-state index contributed by atoms with van der Waals surface area (Å²) in [6, 6.07) is 10.4. The van der Waals surface area contributed by atoms with E-state index in [4.69, 9.17) is 5.73 Å². The van der Waals surface area contributed by atoms with E-state index in [1.807, 2.05) is 29.5 Å². The van der Waals surface area contributed by atoms with Gasteiger partial charge in [-0.2, -0.15) is 0 Å². The van der Waals surface area contributed by atoms with Gasteiger partial charge in [0.15, 0.2) is 0 Å². The van der Waals surface area contributed by atoms with Gasteiger partial charge in [0.1, 0.15) is 0 Å². The summed E-state index contributed by atoms with van der Waals surface area (Å²) >= 11 is 1.87. The number of pyridine rings is 1. The van der Waals surface area contributed by atoms with Crippen molar-refractivity contribution in [3.8, 4) is 0 Å². The van der Waals surface area contributed by atoms with E-state index < -0.39 is 0 Å². The highest BCUT2D eigenvalue weighted by molar-refractivity contribution is 7.10. The first-order chi connectivity index (χ1) is 10.2. The minimum Gasteiger partial charge on any atom is -0.399 e. The van der Waals surface area contributed by atoms with Crippen LogP contribution >= 0.6 is 11.3 Å². The van der Waals surface area contributed by atoms with Gasteiger partial charge >= 0.3 is 0 Å². The van der Waals surface area contributed by atoms with E-state index in [0.717, 1.165) is 41.8 Å². The van der Waals surface area contributed by atoms with Crippen LogP contribution in [0.5, 0.6) is 0 Å². The maximum absolute atomic E-state index is 5.98. The zero-order chi connectivity index (χ0) is 14.4. The van der Waals surface area contributed by atoms with E-state index in [1.54, 1.807) is 0 Å². The Bertz CT molecular complexity index is 822. The summed E-state index contributed by atoms with van der Waals surface area (Å²) in [7, 11) is 0. The van der Waals surface area contributed by atoms with Crippen LogP contribution < -0.4 is 10.6 Å². The van der Waals surface area contributed by atoms with Gasteiger partial charge in [-0.25, -0.2) is 0 Å². The van der Waals surface area contributed by atoms with E-state index in [2.05, 4.69) is 34.3 Å². The third-order valence-corrected chi connectivity index (χ3v) is 5.11. The molecule has 3 nitrogen and oxygen atoms in total. The Balaban J connectivity index is 1.85. The van der Waals surface area contributed by atoms with Crippen LogP contribution in [0.4, 0.5) is 11.4 Å². The molecule has 0 saturated carbocycles. The summed E-state index contributed by atoms with van der Waals surface area (Å²) in [5, 5.41) is 3.35. The number of nitrogen functional groups attached to an aromatic ring is 1. The summed E-state index contributed by atoms with van der Waals surface area (Å²) in [5.41, 5.74) is 11.6. The van der Waals surface area contributed by atoms with Crippen LogP contribution in [-0.4, -0.2) is 11.5 Å². The summed E-state index contributed by atoms with van der Waals surface area (Å²) < 4.78 is 0. The molecule has 0 aliphatic carbocycles.